The molecule has 0 aliphatic carbocycles. The highest BCUT2D eigenvalue weighted by atomic mass is 79.9. The molecule has 2 rings (SSSR count). The Labute approximate surface area is 150 Å². The molecule has 24 heavy (non-hydrogen) atoms. The van der Waals surface area contributed by atoms with Crippen LogP contribution in [-0.2, 0) is 6.42 Å². The van der Waals surface area contributed by atoms with Gasteiger partial charge < -0.3 is 20.1 Å². The fraction of sp³-hybridized carbons (Fsp3) is 0.278. The van der Waals surface area contributed by atoms with Crippen LogP contribution in [0.1, 0.15) is 11.1 Å². The number of anilines is 1. The van der Waals surface area contributed by atoms with E-state index in [9.17, 15) is 4.79 Å². The van der Waals surface area contributed by atoms with Gasteiger partial charge in [0.25, 0.3) is 0 Å². The Kier molecular flexibility index (Phi) is 6.49. The molecule has 5 nitrogen and oxygen atoms in total. The Morgan fingerprint density at radius 2 is 1.96 bits per heavy atom. The maximum Gasteiger partial charge on any atom is 0.319 e. The number of ether oxygens (including phenoxy) is 2. The SMILES string of the molecule is COc1cccc(CCNC(=O)Nc2ccc(Br)cc2C)c1OC. The predicted molar refractivity (Wildman–Crippen MR) is 99.2 cm³/mol. The van der Waals surface area contributed by atoms with Gasteiger partial charge in [-0.2, -0.15) is 0 Å². The number of urea groups is 1. The lowest BCUT2D eigenvalue weighted by Crippen LogP contribution is -2.30. The van der Waals surface area contributed by atoms with Gasteiger partial charge in [-0.1, -0.05) is 28.1 Å². The van der Waals surface area contributed by atoms with Crippen LogP contribution in [0, 0.1) is 6.92 Å². The van der Waals surface area contributed by atoms with Crippen molar-refractivity contribution in [3.63, 3.8) is 0 Å². The monoisotopic (exact) mass is 392 g/mol. The number of benzene rings is 2. The zero-order valence-corrected chi connectivity index (χ0v) is 15.6. The number of methoxy groups -OCH3 is 2. The second-order valence-electron chi connectivity index (χ2n) is 5.24. The summed E-state index contributed by atoms with van der Waals surface area (Å²) in [5, 5.41) is 5.70. The molecule has 0 saturated heterocycles. The smallest absolute Gasteiger partial charge is 0.319 e. The van der Waals surface area contributed by atoms with E-state index >= 15 is 0 Å². The van der Waals surface area contributed by atoms with E-state index in [1.807, 2.05) is 43.3 Å². The molecule has 0 saturated carbocycles. The van der Waals surface area contributed by atoms with Crippen LogP contribution < -0.4 is 20.1 Å². The van der Waals surface area contributed by atoms with Gasteiger partial charge in [-0.3, -0.25) is 0 Å². The van der Waals surface area contributed by atoms with E-state index in [4.69, 9.17) is 9.47 Å². The van der Waals surface area contributed by atoms with Gasteiger partial charge in [0.2, 0.25) is 0 Å². The summed E-state index contributed by atoms with van der Waals surface area (Å²) < 4.78 is 11.6. The summed E-state index contributed by atoms with van der Waals surface area (Å²) in [6.07, 6.45) is 0.646. The molecule has 6 heteroatoms. The number of hydrogen-bond donors (Lipinski definition) is 2. The highest BCUT2D eigenvalue weighted by Crippen LogP contribution is 2.30. The van der Waals surface area contributed by atoms with Gasteiger partial charge in [-0.05, 0) is 48.7 Å². The van der Waals surface area contributed by atoms with Crippen molar-refractivity contribution in [3.05, 3.63) is 52.0 Å². The minimum Gasteiger partial charge on any atom is -0.493 e. The Morgan fingerprint density at radius 3 is 2.62 bits per heavy atom. The predicted octanol–water partition coefficient (Wildman–Crippen LogP) is 4.14. The van der Waals surface area contributed by atoms with Crippen LogP contribution in [0.2, 0.25) is 0 Å². The zero-order valence-electron chi connectivity index (χ0n) is 14.0. The molecule has 0 bridgehead atoms. The Balaban J connectivity index is 1.91. The van der Waals surface area contributed by atoms with E-state index in [1.165, 1.54) is 0 Å². The lowest BCUT2D eigenvalue weighted by Gasteiger charge is -2.13. The molecule has 0 heterocycles. The van der Waals surface area contributed by atoms with Crippen LogP contribution in [0.3, 0.4) is 0 Å². The first kappa shape index (κ1) is 18.1. The van der Waals surface area contributed by atoms with Gasteiger partial charge in [-0.15, -0.1) is 0 Å². The van der Waals surface area contributed by atoms with Crippen molar-refractivity contribution in [3.8, 4) is 11.5 Å². The molecule has 2 amide bonds. The van der Waals surface area contributed by atoms with Gasteiger partial charge >= 0.3 is 6.03 Å². The summed E-state index contributed by atoms with van der Waals surface area (Å²) >= 11 is 3.41. The van der Waals surface area contributed by atoms with E-state index in [-0.39, 0.29) is 6.03 Å². The first-order valence-electron chi connectivity index (χ1n) is 7.56. The van der Waals surface area contributed by atoms with E-state index in [0.29, 0.717) is 24.5 Å². The third-order valence-corrected chi connectivity index (χ3v) is 4.09. The Hall–Kier alpha value is -2.21. The molecular formula is C18H21BrN2O3. The molecule has 0 spiro atoms. The zero-order chi connectivity index (χ0) is 17.5. The summed E-state index contributed by atoms with van der Waals surface area (Å²) in [6, 6.07) is 11.2. The molecule has 2 aromatic rings. The van der Waals surface area contributed by atoms with Crippen molar-refractivity contribution >= 4 is 27.6 Å². The lowest BCUT2D eigenvalue weighted by molar-refractivity contribution is 0.252. The summed E-state index contributed by atoms with van der Waals surface area (Å²) in [5.41, 5.74) is 2.76. The number of hydrogen-bond acceptors (Lipinski definition) is 3. The molecule has 0 radical (unpaired) electrons. The van der Waals surface area contributed by atoms with Crippen molar-refractivity contribution in [2.24, 2.45) is 0 Å². The molecule has 2 N–H and O–H groups in total. The minimum atomic E-state index is -0.234. The molecule has 128 valence electrons. The Bertz CT molecular complexity index is 719. The van der Waals surface area contributed by atoms with Crippen molar-refractivity contribution in [1.29, 1.82) is 0 Å². The third kappa shape index (κ3) is 4.64. The molecular weight excluding hydrogens is 372 g/mol. The molecule has 0 unspecified atom stereocenters. The molecule has 0 fully saturated rings. The number of rotatable bonds is 6. The standard InChI is InChI=1S/C18H21BrN2O3/c1-12-11-14(19)7-8-15(12)21-18(22)20-10-9-13-5-4-6-16(23-2)17(13)24-3/h4-8,11H,9-10H2,1-3H3,(H2,20,21,22). The number of nitrogens with one attached hydrogen (secondary N) is 2. The first-order valence-corrected chi connectivity index (χ1v) is 8.35. The summed E-state index contributed by atoms with van der Waals surface area (Å²) in [7, 11) is 3.21. The van der Waals surface area contributed by atoms with Crippen LogP contribution in [0.4, 0.5) is 10.5 Å². The topological polar surface area (TPSA) is 59.6 Å². The average molecular weight is 393 g/mol. The van der Waals surface area contributed by atoms with Gasteiger partial charge in [0.05, 0.1) is 14.2 Å². The second-order valence-corrected chi connectivity index (χ2v) is 6.16. The van der Waals surface area contributed by atoms with Crippen molar-refractivity contribution in [1.82, 2.24) is 5.32 Å². The molecule has 0 aliphatic heterocycles. The molecule has 2 aromatic carbocycles. The maximum atomic E-state index is 12.0. The van der Waals surface area contributed by atoms with Gasteiger partial charge in [0, 0.05) is 16.7 Å². The maximum absolute atomic E-state index is 12.0. The summed E-state index contributed by atoms with van der Waals surface area (Å²) in [6.45, 7) is 2.44. The molecule has 0 aromatic heterocycles. The minimum absolute atomic E-state index is 0.234. The normalized spacial score (nSPS) is 10.2. The van der Waals surface area contributed by atoms with Crippen LogP contribution in [-0.4, -0.2) is 26.8 Å². The number of carbonyl (C=O) groups excluding carboxylic acids is 1. The van der Waals surface area contributed by atoms with Gasteiger partial charge in [-0.25, -0.2) is 4.79 Å². The van der Waals surface area contributed by atoms with Crippen molar-refractivity contribution in [2.75, 3.05) is 26.1 Å². The van der Waals surface area contributed by atoms with Crippen LogP contribution >= 0.6 is 15.9 Å². The summed E-state index contributed by atoms with van der Waals surface area (Å²) in [5.74, 6) is 1.39. The van der Waals surface area contributed by atoms with Gasteiger partial charge in [0.15, 0.2) is 11.5 Å². The average Bonchev–Trinajstić information content (AvgIpc) is 2.57. The van der Waals surface area contributed by atoms with Crippen LogP contribution in [0.15, 0.2) is 40.9 Å². The first-order chi connectivity index (χ1) is 11.5. The van der Waals surface area contributed by atoms with Crippen molar-refractivity contribution in [2.45, 2.75) is 13.3 Å². The van der Waals surface area contributed by atoms with E-state index in [2.05, 4.69) is 26.6 Å². The fourth-order valence-electron chi connectivity index (χ4n) is 2.40. The number of carbonyl (C=O) groups is 1. The lowest BCUT2D eigenvalue weighted by atomic mass is 10.1. The van der Waals surface area contributed by atoms with E-state index < -0.39 is 0 Å². The largest absolute Gasteiger partial charge is 0.493 e. The quantitative estimate of drug-likeness (QED) is 0.776. The highest BCUT2D eigenvalue weighted by Gasteiger charge is 2.10. The number of halogens is 1. The highest BCUT2D eigenvalue weighted by molar-refractivity contribution is 9.10. The molecule has 0 aliphatic rings. The third-order valence-electron chi connectivity index (χ3n) is 3.60. The number of amides is 2. The van der Waals surface area contributed by atoms with Crippen molar-refractivity contribution < 1.29 is 14.3 Å². The van der Waals surface area contributed by atoms with E-state index in [0.717, 1.165) is 21.3 Å². The van der Waals surface area contributed by atoms with Crippen LogP contribution in [0.25, 0.3) is 0 Å². The number of para-hydroxylation sites is 1. The summed E-state index contributed by atoms with van der Waals surface area (Å²) in [4.78, 5) is 12.0. The fourth-order valence-corrected chi connectivity index (χ4v) is 2.87. The van der Waals surface area contributed by atoms with Gasteiger partial charge in [0.1, 0.15) is 0 Å². The Morgan fingerprint density at radius 1 is 1.17 bits per heavy atom. The number of aryl methyl sites for hydroxylation is 1. The molecule has 0 atom stereocenters. The van der Waals surface area contributed by atoms with E-state index in [1.54, 1.807) is 14.2 Å². The second kappa shape index (κ2) is 8.59. The van der Waals surface area contributed by atoms with Crippen LogP contribution in [0.5, 0.6) is 11.5 Å².